The third-order valence-electron chi connectivity index (χ3n) is 3.30. The van der Waals surface area contributed by atoms with E-state index >= 15 is 0 Å². The Hall–Kier alpha value is -1.67. The Morgan fingerprint density at radius 2 is 2.00 bits per heavy atom. The molecule has 1 aliphatic rings. The van der Waals surface area contributed by atoms with Gasteiger partial charge in [0, 0.05) is 0 Å². The van der Waals surface area contributed by atoms with Crippen LogP contribution in [0.4, 0.5) is 23.2 Å². The number of hydrogen-bond acceptors (Lipinski definition) is 3. The van der Waals surface area contributed by atoms with Crippen molar-refractivity contribution in [1.82, 2.24) is 5.32 Å². The van der Waals surface area contributed by atoms with Crippen molar-refractivity contribution < 1.29 is 27.1 Å². The molecule has 8 heteroatoms. The van der Waals surface area contributed by atoms with Crippen LogP contribution in [0.2, 0.25) is 0 Å². The van der Waals surface area contributed by atoms with Crippen LogP contribution in [-0.2, 0) is 15.7 Å². The molecular weight excluding hydrogens is 304 g/mol. The number of amides is 1. The minimum Gasteiger partial charge on any atom is -0.368 e. The van der Waals surface area contributed by atoms with Gasteiger partial charge in [-0.1, -0.05) is 0 Å². The van der Waals surface area contributed by atoms with Crippen LogP contribution in [0.3, 0.4) is 0 Å². The van der Waals surface area contributed by atoms with Crippen molar-refractivity contribution in [3.8, 4) is 0 Å². The van der Waals surface area contributed by atoms with Crippen LogP contribution < -0.4 is 10.6 Å². The van der Waals surface area contributed by atoms with Gasteiger partial charge in [-0.25, -0.2) is 4.39 Å². The summed E-state index contributed by atoms with van der Waals surface area (Å²) in [5, 5.41) is 5.24. The van der Waals surface area contributed by atoms with Gasteiger partial charge in [-0.05, 0) is 44.1 Å². The molecule has 2 rings (SSSR count). The third-order valence-corrected chi connectivity index (χ3v) is 3.30. The minimum absolute atomic E-state index is 0.0710. The van der Waals surface area contributed by atoms with Gasteiger partial charge in [0.1, 0.15) is 12.4 Å². The van der Waals surface area contributed by atoms with Crippen LogP contribution in [0, 0.1) is 5.82 Å². The van der Waals surface area contributed by atoms with Gasteiger partial charge < -0.3 is 15.4 Å². The average Bonchev–Trinajstić information content (AvgIpc) is 2.47. The lowest BCUT2D eigenvalue weighted by atomic mass is 10.1. The van der Waals surface area contributed by atoms with Crippen LogP contribution in [0.15, 0.2) is 18.2 Å². The normalized spacial score (nSPS) is 16.5. The highest BCUT2D eigenvalue weighted by Gasteiger charge is 2.31. The van der Waals surface area contributed by atoms with E-state index in [1.165, 1.54) is 0 Å². The summed E-state index contributed by atoms with van der Waals surface area (Å²) in [6, 6.07) is 1.86. The molecule has 0 unspecified atom stereocenters. The Morgan fingerprint density at radius 3 is 2.64 bits per heavy atom. The predicted octanol–water partition coefficient (Wildman–Crippen LogP) is 2.55. The second-order valence-corrected chi connectivity index (χ2v) is 5.00. The number of anilines is 1. The molecule has 2 N–H and O–H groups in total. The molecule has 22 heavy (non-hydrogen) atoms. The van der Waals surface area contributed by atoms with E-state index in [0.29, 0.717) is 18.2 Å². The summed E-state index contributed by atoms with van der Waals surface area (Å²) in [5.74, 6) is -1.61. The first kappa shape index (κ1) is 16.7. The van der Waals surface area contributed by atoms with E-state index < -0.39 is 29.2 Å². The molecule has 1 saturated heterocycles. The minimum atomic E-state index is -4.60. The number of benzene rings is 1. The van der Waals surface area contributed by atoms with Gasteiger partial charge >= 0.3 is 6.18 Å². The molecule has 0 saturated carbocycles. The molecule has 0 atom stereocenters. The van der Waals surface area contributed by atoms with Gasteiger partial charge in [-0.3, -0.25) is 4.79 Å². The summed E-state index contributed by atoms with van der Waals surface area (Å²) < 4.78 is 56.5. The molecule has 1 amide bonds. The standard InChI is InChI=1S/C14H16F4N2O2/c15-11-2-1-9(14(16,17)18)7-12(11)20-13(21)8-22-10-3-5-19-6-4-10/h1-2,7,10,19H,3-6,8H2,(H,20,21). The van der Waals surface area contributed by atoms with Crippen molar-refractivity contribution in [3.05, 3.63) is 29.6 Å². The van der Waals surface area contributed by atoms with E-state index in [9.17, 15) is 22.4 Å². The molecule has 0 radical (unpaired) electrons. The number of alkyl halides is 3. The molecule has 1 aromatic carbocycles. The van der Waals surface area contributed by atoms with Crippen molar-refractivity contribution in [2.24, 2.45) is 0 Å². The highest BCUT2D eigenvalue weighted by molar-refractivity contribution is 5.91. The SMILES string of the molecule is O=C(COC1CCNCC1)Nc1cc(C(F)(F)F)ccc1F. The fraction of sp³-hybridized carbons (Fsp3) is 0.500. The smallest absolute Gasteiger partial charge is 0.368 e. The number of carbonyl (C=O) groups excluding carboxylic acids is 1. The second-order valence-electron chi connectivity index (χ2n) is 5.00. The summed E-state index contributed by atoms with van der Waals surface area (Å²) in [7, 11) is 0. The van der Waals surface area contributed by atoms with E-state index in [1.54, 1.807) is 0 Å². The Labute approximate surface area is 124 Å². The summed E-state index contributed by atoms with van der Waals surface area (Å²) in [5.41, 5.74) is -1.53. The van der Waals surface area contributed by atoms with E-state index in [4.69, 9.17) is 4.74 Å². The summed E-state index contributed by atoms with van der Waals surface area (Å²) in [4.78, 5) is 11.7. The average molecular weight is 320 g/mol. The first-order chi connectivity index (χ1) is 10.4. The number of piperidine rings is 1. The van der Waals surface area contributed by atoms with E-state index in [-0.39, 0.29) is 12.7 Å². The number of halogens is 4. The molecule has 0 bridgehead atoms. The first-order valence-electron chi connectivity index (χ1n) is 6.85. The number of hydrogen-bond donors (Lipinski definition) is 2. The quantitative estimate of drug-likeness (QED) is 0.838. The van der Waals surface area contributed by atoms with E-state index in [1.807, 2.05) is 0 Å². The topological polar surface area (TPSA) is 50.4 Å². The van der Waals surface area contributed by atoms with Crippen LogP contribution in [0.25, 0.3) is 0 Å². The summed E-state index contributed by atoms with van der Waals surface area (Å²) in [6.45, 7) is 1.25. The van der Waals surface area contributed by atoms with Gasteiger partial charge in [-0.15, -0.1) is 0 Å². The van der Waals surface area contributed by atoms with E-state index in [0.717, 1.165) is 25.9 Å². The monoisotopic (exact) mass is 320 g/mol. The van der Waals surface area contributed by atoms with Crippen LogP contribution >= 0.6 is 0 Å². The lowest BCUT2D eigenvalue weighted by Gasteiger charge is -2.22. The highest BCUT2D eigenvalue weighted by Crippen LogP contribution is 2.31. The zero-order valence-corrected chi connectivity index (χ0v) is 11.7. The molecule has 1 fully saturated rings. The molecule has 4 nitrogen and oxygen atoms in total. The molecule has 0 spiro atoms. The second kappa shape index (κ2) is 7.06. The first-order valence-corrected chi connectivity index (χ1v) is 6.85. The van der Waals surface area contributed by atoms with Crippen LogP contribution in [0.1, 0.15) is 18.4 Å². The number of ether oxygens (including phenoxy) is 1. The maximum absolute atomic E-state index is 13.5. The van der Waals surface area contributed by atoms with Gasteiger partial charge in [0.25, 0.3) is 0 Å². The summed E-state index contributed by atoms with van der Waals surface area (Å²) in [6.07, 6.45) is -3.16. The Morgan fingerprint density at radius 1 is 1.32 bits per heavy atom. The van der Waals surface area contributed by atoms with Gasteiger partial charge in [0.15, 0.2) is 0 Å². The van der Waals surface area contributed by atoms with Crippen molar-refractivity contribution in [2.45, 2.75) is 25.1 Å². The lowest BCUT2D eigenvalue weighted by Crippen LogP contribution is -2.34. The van der Waals surface area contributed by atoms with Gasteiger partial charge in [0.05, 0.1) is 17.4 Å². The number of rotatable bonds is 4. The van der Waals surface area contributed by atoms with E-state index in [2.05, 4.69) is 10.6 Å². The van der Waals surface area contributed by atoms with Crippen molar-refractivity contribution in [2.75, 3.05) is 25.0 Å². The molecule has 1 aromatic rings. The lowest BCUT2D eigenvalue weighted by molar-refractivity contribution is -0.137. The molecule has 1 aliphatic heterocycles. The molecule has 122 valence electrons. The zero-order valence-electron chi connectivity index (χ0n) is 11.7. The number of carbonyl (C=O) groups is 1. The number of nitrogens with one attached hydrogen (secondary N) is 2. The molecule has 1 heterocycles. The Bertz CT molecular complexity index is 528. The maximum Gasteiger partial charge on any atom is 0.416 e. The third kappa shape index (κ3) is 4.67. The largest absolute Gasteiger partial charge is 0.416 e. The maximum atomic E-state index is 13.5. The highest BCUT2D eigenvalue weighted by atomic mass is 19.4. The Balaban J connectivity index is 1.93. The molecule has 0 aliphatic carbocycles. The van der Waals surface area contributed by atoms with Gasteiger partial charge in [0.2, 0.25) is 5.91 Å². The zero-order chi connectivity index (χ0) is 16.2. The van der Waals surface area contributed by atoms with Crippen molar-refractivity contribution in [1.29, 1.82) is 0 Å². The van der Waals surface area contributed by atoms with Crippen LogP contribution in [0.5, 0.6) is 0 Å². The van der Waals surface area contributed by atoms with Gasteiger partial charge in [-0.2, -0.15) is 13.2 Å². The fourth-order valence-corrected chi connectivity index (χ4v) is 2.14. The fourth-order valence-electron chi connectivity index (χ4n) is 2.14. The Kier molecular flexibility index (Phi) is 5.36. The van der Waals surface area contributed by atoms with Crippen molar-refractivity contribution in [3.63, 3.8) is 0 Å². The molecular formula is C14H16F4N2O2. The molecule has 0 aromatic heterocycles. The van der Waals surface area contributed by atoms with Crippen molar-refractivity contribution >= 4 is 11.6 Å². The summed E-state index contributed by atoms with van der Waals surface area (Å²) >= 11 is 0. The predicted molar refractivity (Wildman–Crippen MR) is 71.9 cm³/mol. The van der Waals surface area contributed by atoms with Crippen LogP contribution in [-0.4, -0.2) is 31.7 Å².